The monoisotopic (exact) mass is 493 g/mol. The quantitative estimate of drug-likeness (QED) is 0.443. The molecule has 1 N–H and O–H groups in total. The average Bonchev–Trinajstić information content (AvgIpc) is 2.69. The Morgan fingerprint density at radius 3 is 2.37 bits per heavy atom. The molecule has 0 bridgehead atoms. The summed E-state index contributed by atoms with van der Waals surface area (Å²) in [7, 11) is 1.55. The number of hydrogen-bond acceptors (Lipinski definition) is 3. The zero-order chi connectivity index (χ0) is 19.2. The molecule has 0 heterocycles. The molecule has 4 nitrogen and oxygen atoms in total. The highest BCUT2D eigenvalue weighted by atomic mass is 127. The number of carbonyl (C=O) groups is 1. The third-order valence-electron chi connectivity index (χ3n) is 3.84. The molecule has 0 fully saturated rings. The molecule has 0 atom stereocenters. The van der Waals surface area contributed by atoms with E-state index in [1.54, 1.807) is 25.3 Å². The van der Waals surface area contributed by atoms with Crippen molar-refractivity contribution in [3.63, 3.8) is 0 Å². The molecule has 0 spiro atoms. The number of benzene rings is 3. The lowest BCUT2D eigenvalue weighted by Gasteiger charge is -2.12. The van der Waals surface area contributed by atoms with Crippen molar-refractivity contribution in [1.29, 1.82) is 0 Å². The van der Waals surface area contributed by atoms with Gasteiger partial charge in [-0.25, -0.2) is 0 Å². The van der Waals surface area contributed by atoms with Crippen LogP contribution in [0.25, 0.3) is 0 Å². The van der Waals surface area contributed by atoms with Crippen molar-refractivity contribution in [2.24, 2.45) is 0 Å². The third kappa shape index (κ3) is 5.37. The third-order valence-corrected chi connectivity index (χ3v) is 4.81. The van der Waals surface area contributed by atoms with Crippen LogP contribution in [-0.2, 0) is 6.61 Å². The summed E-state index contributed by atoms with van der Waals surface area (Å²) in [6, 6.07) is 20.1. The average molecular weight is 494 g/mol. The molecule has 27 heavy (non-hydrogen) atoms. The van der Waals surface area contributed by atoms with E-state index in [1.807, 2.05) is 48.5 Å². The second-order valence-corrected chi connectivity index (χ2v) is 7.42. The van der Waals surface area contributed by atoms with Crippen LogP contribution in [0.1, 0.15) is 15.9 Å². The molecule has 0 aliphatic heterocycles. The Kier molecular flexibility index (Phi) is 6.58. The number of methoxy groups -OCH3 is 1. The van der Waals surface area contributed by atoms with Crippen molar-refractivity contribution >= 4 is 45.8 Å². The Balaban J connectivity index is 1.70. The van der Waals surface area contributed by atoms with Gasteiger partial charge in [0.05, 0.1) is 7.11 Å². The van der Waals surface area contributed by atoms with Crippen LogP contribution < -0.4 is 14.8 Å². The first-order valence-electron chi connectivity index (χ1n) is 8.17. The van der Waals surface area contributed by atoms with Gasteiger partial charge in [-0.2, -0.15) is 0 Å². The molecule has 0 unspecified atom stereocenters. The van der Waals surface area contributed by atoms with Crippen LogP contribution in [-0.4, -0.2) is 13.0 Å². The fourth-order valence-electron chi connectivity index (χ4n) is 2.41. The molecule has 0 aromatic heterocycles. The summed E-state index contributed by atoms with van der Waals surface area (Å²) in [5.74, 6) is 0.858. The largest absolute Gasteiger partial charge is 0.493 e. The van der Waals surface area contributed by atoms with Crippen LogP contribution in [0.5, 0.6) is 11.5 Å². The lowest BCUT2D eigenvalue weighted by atomic mass is 10.1. The van der Waals surface area contributed by atoms with Gasteiger partial charge in [0.2, 0.25) is 0 Å². The Morgan fingerprint density at radius 1 is 1.00 bits per heavy atom. The van der Waals surface area contributed by atoms with Crippen molar-refractivity contribution in [3.8, 4) is 11.5 Å². The lowest BCUT2D eigenvalue weighted by molar-refractivity contribution is 0.102. The maximum atomic E-state index is 12.5. The minimum absolute atomic E-state index is 0.209. The second-order valence-electron chi connectivity index (χ2n) is 5.74. The Morgan fingerprint density at radius 2 is 1.70 bits per heavy atom. The number of amides is 1. The van der Waals surface area contributed by atoms with Crippen molar-refractivity contribution in [2.45, 2.75) is 6.61 Å². The maximum absolute atomic E-state index is 12.5. The zero-order valence-electron chi connectivity index (χ0n) is 14.5. The summed E-state index contributed by atoms with van der Waals surface area (Å²) in [5.41, 5.74) is 2.22. The van der Waals surface area contributed by atoms with Crippen LogP contribution in [0.4, 0.5) is 5.69 Å². The fraction of sp³-hybridized carbons (Fsp3) is 0.0952. The molecular weight excluding hydrogens is 477 g/mol. The lowest BCUT2D eigenvalue weighted by Crippen LogP contribution is -2.12. The summed E-state index contributed by atoms with van der Waals surface area (Å²) in [6.07, 6.45) is 0. The van der Waals surface area contributed by atoms with E-state index in [9.17, 15) is 4.79 Å². The predicted molar refractivity (Wildman–Crippen MR) is 116 cm³/mol. The van der Waals surface area contributed by atoms with E-state index >= 15 is 0 Å². The molecule has 3 aromatic rings. The predicted octanol–water partition coefficient (Wildman–Crippen LogP) is 5.78. The van der Waals surface area contributed by atoms with E-state index in [4.69, 9.17) is 21.1 Å². The van der Waals surface area contributed by atoms with Gasteiger partial charge in [-0.1, -0.05) is 23.7 Å². The standard InChI is InChI=1S/C21H17ClINO3/c1-26-20-12-15(21(25)24-18-9-7-17(23)8-10-18)4-11-19(20)27-13-14-2-5-16(22)6-3-14/h2-12H,13H2,1H3,(H,24,25). The van der Waals surface area contributed by atoms with E-state index in [1.165, 1.54) is 0 Å². The van der Waals surface area contributed by atoms with Gasteiger partial charge in [-0.3, -0.25) is 4.79 Å². The molecule has 0 aliphatic carbocycles. The van der Waals surface area contributed by atoms with Crippen molar-refractivity contribution in [2.75, 3.05) is 12.4 Å². The molecule has 3 aromatic carbocycles. The van der Waals surface area contributed by atoms with Gasteiger partial charge in [0.25, 0.3) is 5.91 Å². The number of anilines is 1. The highest BCUT2D eigenvalue weighted by molar-refractivity contribution is 14.1. The van der Waals surface area contributed by atoms with E-state index in [0.29, 0.717) is 28.7 Å². The molecule has 6 heteroatoms. The summed E-state index contributed by atoms with van der Waals surface area (Å²) < 4.78 is 12.3. The normalized spacial score (nSPS) is 10.3. The van der Waals surface area contributed by atoms with Crippen LogP contribution >= 0.6 is 34.2 Å². The number of halogens is 2. The molecule has 0 radical (unpaired) electrons. The molecular formula is C21H17ClINO3. The summed E-state index contributed by atoms with van der Waals surface area (Å²) in [6.45, 7) is 0.377. The summed E-state index contributed by atoms with van der Waals surface area (Å²) >= 11 is 8.11. The van der Waals surface area contributed by atoms with E-state index in [-0.39, 0.29) is 5.91 Å². The Bertz CT molecular complexity index is 927. The maximum Gasteiger partial charge on any atom is 0.255 e. The van der Waals surface area contributed by atoms with Gasteiger partial charge in [0, 0.05) is 19.8 Å². The van der Waals surface area contributed by atoms with Gasteiger partial charge in [-0.15, -0.1) is 0 Å². The van der Waals surface area contributed by atoms with Gasteiger partial charge in [-0.05, 0) is 82.8 Å². The van der Waals surface area contributed by atoms with Gasteiger partial charge >= 0.3 is 0 Å². The van der Waals surface area contributed by atoms with Gasteiger partial charge in [0.15, 0.2) is 11.5 Å². The number of hydrogen-bond donors (Lipinski definition) is 1. The minimum atomic E-state index is -0.209. The van der Waals surface area contributed by atoms with E-state index in [0.717, 1.165) is 14.8 Å². The number of ether oxygens (including phenoxy) is 2. The molecule has 0 aliphatic rings. The molecule has 0 saturated carbocycles. The smallest absolute Gasteiger partial charge is 0.255 e. The van der Waals surface area contributed by atoms with Crippen molar-refractivity contribution in [1.82, 2.24) is 0 Å². The minimum Gasteiger partial charge on any atom is -0.493 e. The number of nitrogens with one attached hydrogen (secondary N) is 1. The van der Waals surface area contributed by atoms with Crippen molar-refractivity contribution < 1.29 is 14.3 Å². The summed E-state index contributed by atoms with van der Waals surface area (Å²) in [4.78, 5) is 12.5. The van der Waals surface area contributed by atoms with Crippen LogP contribution in [0, 0.1) is 3.57 Å². The number of carbonyl (C=O) groups excluding carboxylic acids is 1. The first-order valence-corrected chi connectivity index (χ1v) is 9.63. The Labute approximate surface area is 176 Å². The fourth-order valence-corrected chi connectivity index (χ4v) is 2.89. The summed E-state index contributed by atoms with van der Waals surface area (Å²) in [5, 5.41) is 3.55. The van der Waals surface area contributed by atoms with Crippen LogP contribution in [0.2, 0.25) is 5.02 Å². The van der Waals surface area contributed by atoms with Gasteiger partial charge in [0.1, 0.15) is 6.61 Å². The molecule has 138 valence electrons. The SMILES string of the molecule is COc1cc(C(=O)Nc2ccc(I)cc2)ccc1OCc1ccc(Cl)cc1. The van der Waals surface area contributed by atoms with Crippen molar-refractivity contribution in [3.05, 3.63) is 86.4 Å². The highest BCUT2D eigenvalue weighted by Crippen LogP contribution is 2.29. The first kappa shape index (κ1) is 19.5. The van der Waals surface area contributed by atoms with E-state index in [2.05, 4.69) is 27.9 Å². The van der Waals surface area contributed by atoms with Crippen LogP contribution in [0.15, 0.2) is 66.7 Å². The topological polar surface area (TPSA) is 47.6 Å². The van der Waals surface area contributed by atoms with Gasteiger partial charge < -0.3 is 14.8 Å². The molecule has 0 saturated heterocycles. The molecule has 3 rings (SSSR count). The first-order chi connectivity index (χ1) is 13.0. The molecule has 1 amide bonds. The second kappa shape index (κ2) is 9.10. The Hall–Kier alpha value is -2.25. The number of rotatable bonds is 6. The van der Waals surface area contributed by atoms with E-state index < -0.39 is 0 Å². The van der Waals surface area contributed by atoms with Crippen LogP contribution in [0.3, 0.4) is 0 Å². The highest BCUT2D eigenvalue weighted by Gasteiger charge is 2.12. The zero-order valence-corrected chi connectivity index (χ0v) is 17.5.